The molecule has 0 aliphatic rings. The highest BCUT2D eigenvalue weighted by molar-refractivity contribution is 7.18. The van der Waals surface area contributed by atoms with Crippen LogP contribution in [0.2, 0.25) is 0 Å². The molecule has 25 heavy (non-hydrogen) atoms. The quantitative estimate of drug-likeness (QED) is 0.576. The Bertz CT molecular complexity index is 762. The largest absolute Gasteiger partial charge is 0.450 e. The minimum atomic E-state index is -0.512. The van der Waals surface area contributed by atoms with Crippen LogP contribution >= 0.6 is 11.3 Å². The van der Waals surface area contributed by atoms with E-state index in [1.807, 2.05) is 13.8 Å². The Hall–Kier alpha value is -2.22. The van der Waals surface area contributed by atoms with Crippen LogP contribution in [0.15, 0.2) is 23.2 Å². The van der Waals surface area contributed by atoms with Crippen molar-refractivity contribution in [3.8, 4) is 0 Å². The fourth-order valence-corrected chi connectivity index (χ4v) is 3.34. The molecule has 0 unspecified atom stereocenters. The molecule has 0 spiro atoms. The van der Waals surface area contributed by atoms with E-state index >= 15 is 0 Å². The third-order valence-corrected chi connectivity index (χ3v) is 4.76. The van der Waals surface area contributed by atoms with Gasteiger partial charge in [-0.25, -0.2) is 14.2 Å². The number of nitrogens with one attached hydrogen (secondary N) is 1. The van der Waals surface area contributed by atoms with Gasteiger partial charge in [0.1, 0.15) is 22.7 Å². The third kappa shape index (κ3) is 5.12. The van der Waals surface area contributed by atoms with Crippen LogP contribution in [-0.2, 0) is 4.74 Å². The van der Waals surface area contributed by atoms with Crippen molar-refractivity contribution >= 4 is 33.5 Å². The first kappa shape index (κ1) is 19.1. The molecule has 2 atom stereocenters. The zero-order valence-electron chi connectivity index (χ0n) is 14.6. The highest BCUT2D eigenvalue weighted by Crippen LogP contribution is 2.28. The van der Waals surface area contributed by atoms with Crippen molar-refractivity contribution in [3.05, 3.63) is 29.0 Å². The van der Waals surface area contributed by atoms with Gasteiger partial charge in [0.25, 0.3) is 0 Å². The number of nitrogens with two attached hydrogens (primary N) is 1. The average molecular weight is 366 g/mol. The molecular weight excluding hydrogens is 343 g/mol. The zero-order valence-corrected chi connectivity index (χ0v) is 15.4. The minimum absolute atomic E-state index is 0.288. The number of alkyl carbamates (subject to hydrolysis) is 1. The van der Waals surface area contributed by atoms with Crippen LogP contribution in [0, 0.1) is 5.82 Å². The summed E-state index contributed by atoms with van der Waals surface area (Å²) in [6, 6.07) is 3.81. The van der Waals surface area contributed by atoms with Crippen molar-refractivity contribution < 1.29 is 13.9 Å². The number of rotatable bonds is 7. The number of ether oxygens (including phenoxy) is 1. The molecule has 0 aliphatic carbocycles. The van der Waals surface area contributed by atoms with Gasteiger partial charge >= 0.3 is 6.09 Å². The Morgan fingerprint density at radius 2 is 2.24 bits per heavy atom. The topological polar surface area (TPSA) is 89.6 Å². The first-order valence-electron chi connectivity index (χ1n) is 8.27. The van der Waals surface area contributed by atoms with Crippen molar-refractivity contribution in [3.63, 3.8) is 0 Å². The maximum Gasteiger partial charge on any atom is 0.407 e. The number of fused-ring (bicyclic) bond motifs is 1. The Morgan fingerprint density at radius 3 is 2.92 bits per heavy atom. The number of hydrogen-bond donors (Lipinski definition) is 2. The molecule has 0 saturated carbocycles. The molecule has 0 fully saturated rings. The zero-order chi connectivity index (χ0) is 18.4. The van der Waals surface area contributed by atoms with E-state index in [1.165, 1.54) is 23.5 Å². The molecule has 0 saturated heterocycles. The summed E-state index contributed by atoms with van der Waals surface area (Å²) in [6.07, 6.45) is 0.982. The summed E-state index contributed by atoms with van der Waals surface area (Å²) in [6.45, 7) is 5.90. The lowest BCUT2D eigenvalue weighted by atomic mass is 10.1. The Morgan fingerprint density at radius 1 is 1.48 bits per heavy atom. The van der Waals surface area contributed by atoms with Gasteiger partial charge in [0.15, 0.2) is 0 Å². The highest BCUT2D eigenvalue weighted by Gasteiger charge is 2.18. The number of hydrogen-bond acceptors (Lipinski definition) is 5. The van der Waals surface area contributed by atoms with E-state index in [0.29, 0.717) is 18.9 Å². The van der Waals surface area contributed by atoms with Gasteiger partial charge in [-0.3, -0.25) is 4.99 Å². The van der Waals surface area contributed by atoms with Crippen molar-refractivity contribution in [2.75, 3.05) is 6.61 Å². The fraction of sp³-hybridized carbons (Fsp3) is 0.471. The molecule has 6 nitrogen and oxygen atoms in total. The van der Waals surface area contributed by atoms with Crippen LogP contribution in [0.4, 0.5) is 9.18 Å². The molecule has 1 amide bonds. The van der Waals surface area contributed by atoms with Crippen molar-refractivity contribution in [1.29, 1.82) is 0 Å². The molecular formula is C17H23FN4O2S. The Kier molecular flexibility index (Phi) is 6.69. The average Bonchev–Trinajstić information content (AvgIpc) is 2.97. The standard InChI is InChI=1S/C17H23FN4O2S/c1-4-6-13(22-17(23)24-5-2)15(19)20-10(3)16-21-12-8-7-11(18)9-14(12)25-16/h7-10,13H,4-6H2,1-3H3,(H2,19,20)(H,22,23)/t10-,13+/m1/s1. The molecule has 0 bridgehead atoms. The second kappa shape index (κ2) is 8.75. The molecule has 8 heteroatoms. The molecule has 2 rings (SSSR count). The first-order valence-corrected chi connectivity index (χ1v) is 9.08. The van der Waals surface area contributed by atoms with E-state index in [0.717, 1.165) is 21.6 Å². The molecule has 1 aromatic heterocycles. The second-order valence-electron chi connectivity index (χ2n) is 5.60. The van der Waals surface area contributed by atoms with Gasteiger partial charge in [0, 0.05) is 0 Å². The number of aromatic nitrogens is 1. The number of thiazole rings is 1. The number of halogens is 1. The predicted octanol–water partition coefficient (Wildman–Crippen LogP) is 3.77. The monoisotopic (exact) mass is 366 g/mol. The normalized spacial score (nSPS) is 14.3. The van der Waals surface area contributed by atoms with Crippen LogP contribution < -0.4 is 11.1 Å². The smallest absolute Gasteiger partial charge is 0.407 e. The van der Waals surface area contributed by atoms with E-state index in [4.69, 9.17) is 10.5 Å². The van der Waals surface area contributed by atoms with Crippen LogP contribution in [0.1, 0.15) is 44.7 Å². The van der Waals surface area contributed by atoms with Crippen LogP contribution in [0.25, 0.3) is 10.2 Å². The summed E-state index contributed by atoms with van der Waals surface area (Å²) < 4.78 is 19.0. The maximum atomic E-state index is 13.3. The van der Waals surface area contributed by atoms with Crippen LogP contribution in [-0.4, -0.2) is 29.6 Å². The lowest BCUT2D eigenvalue weighted by Gasteiger charge is -2.18. The minimum Gasteiger partial charge on any atom is -0.450 e. The van der Waals surface area contributed by atoms with E-state index in [-0.39, 0.29) is 11.9 Å². The molecule has 1 aromatic carbocycles. The molecule has 3 N–H and O–H groups in total. The van der Waals surface area contributed by atoms with Crippen LogP contribution in [0.3, 0.4) is 0 Å². The van der Waals surface area contributed by atoms with E-state index < -0.39 is 12.1 Å². The Labute approximate surface area is 150 Å². The molecule has 0 aliphatic heterocycles. The number of nitrogens with zero attached hydrogens (tertiary/aromatic N) is 2. The number of benzene rings is 1. The van der Waals surface area contributed by atoms with Crippen molar-refractivity contribution in [2.24, 2.45) is 10.7 Å². The predicted molar refractivity (Wildman–Crippen MR) is 98.5 cm³/mol. The van der Waals surface area contributed by atoms with Gasteiger partial charge < -0.3 is 15.8 Å². The van der Waals surface area contributed by atoms with Gasteiger partial charge in [-0.1, -0.05) is 13.3 Å². The number of amides is 1. The van der Waals surface area contributed by atoms with Gasteiger partial charge in [0.05, 0.1) is 22.9 Å². The number of aliphatic imine (C=N–C) groups is 1. The van der Waals surface area contributed by atoms with Gasteiger partial charge in [-0.05, 0) is 38.5 Å². The van der Waals surface area contributed by atoms with Crippen molar-refractivity contribution in [2.45, 2.75) is 45.7 Å². The van der Waals surface area contributed by atoms with Crippen molar-refractivity contribution in [1.82, 2.24) is 10.3 Å². The Balaban J connectivity index is 2.17. The van der Waals surface area contributed by atoms with E-state index in [2.05, 4.69) is 15.3 Å². The third-order valence-electron chi connectivity index (χ3n) is 3.57. The maximum absolute atomic E-state index is 13.3. The van der Waals surface area contributed by atoms with Gasteiger partial charge in [0.2, 0.25) is 0 Å². The van der Waals surface area contributed by atoms with E-state index in [9.17, 15) is 9.18 Å². The lowest BCUT2D eigenvalue weighted by Crippen LogP contribution is -2.44. The fourth-order valence-electron chi connectivity index (χ4n) is 2.36. The molecule has 136 valence electrons. The SMILES string of the molecule is CCC[C@H](NC(=O)OCC)C(N)=N[C@H](C)c1nc2ccc(F)cc2s1. The number of carbonyl (C=O) groups excluding carboxylic acids is 1. The highest BCUT2D eigenvalue weighted by atomic mass is 32.1. The van der Waals surface area contributed by atoms with Gasteiger partial charge in [-0.15, -0.1) is 11.3 Å². The molecule has 1 heterocycles. The van der Waals surface area contributed by atoms with Gasteiger partial charge in [-0.2, -0.15) is 0 Å². The summed E-state index contributed by atoms with van der Waals surface area (Å²) in [7, 11) is 0. The summed E-state index contributed by atoms with van der Waals surface area (Å²) in [5.41, 5.74) is 6.83. The van der Waals surface area contributed by atoms with Crippen LogP contribution in [0.5, 0.6) is 0 Å². The molecule has 2 aromatic rings. The summed E-state index contributed by atoms with van der Waals surface area (Å²) in [5, 5.41) is 3.47. The lowest BCUT2D eigenvalue weighted by molar-refractivity contribution is 0.150. The summed E-state index contributed by atoms with van der Waals surface area (Å²) >= 11 is 1.38. The van der Waals surface area contributed by atoms with E-state index in [1.54, 1.807) is 13.0 Å². The first-order chi connectivity index (χ1) is 11.9. The number of carbonyl (C=O) groups is 1. The number of amidine groups is 1. The second-order valence-corrected chi connectivity index (χ2v) is 6.66. The summed E-state index contributed by atoms with van der Waals surface area (Å²) in [4.78, 5) is 20.6. The summed E-state index contributed by atoms with van der Waals surface area (Å²) in [5.74, 6) is 0.0351. The molecule has 0 radical (unpaired) electrons.